The van der Waals surface area contributed by atoms with Gasteiger partial charge < -0.3 is 30.5 Å². The van der Waals surface area contributed by atoms with Crippen molar-refractivity contribution >= 4 is 5.91 Å². The standard InChI is InChI=1S/C20H23NO6/c22-11-15-18(24)19(25)17(20(26)27-15)21-16(23)10-12-6-8-14(9-7-12)13-4-2-1-3-5-13/h1-9,15,17-20,22,24-26H,10-11H2,(H,21,23)/t15-,17-,18-,19-,20?/m1/s1. The van der Waals surface area contributed by atoms with Crippen LogP contribution in [0, 0.1) is 0 Å². The minimum Gasteiger partial charge on any atom is -0.394 e. The molecule has 1 unspecified atom stereocenters. The molecule has 0 aliphatic carbocycles. The van der Waals surface area contributed by atoms with Crippen molar-refractivity contribution in [3.8, 4) is 11.1 Å². The second kappa shape index (κ2) is 8.60. The lowest BCUT2D eigenvalue weighted by Crippen LogP contribution is -2.64. The second-order valence-corrected chi connectivity index (χ2v) is 6.56. The number of aliphatic hydroxyl groups is 4. The van der Waals surface area contributed by atoms with Gasteiger partial charge >= 0.3 is 0 Å². The highest BCUT2D eigenvalue weighted by Gasteiger charge is 2.44. The molecule has 1 aliphatic rings. The van der Waals surface area contributed by atoms with Crippen LogP contribution in [0.1, 0.15) is 5.56 Å². The van der Waals surface area contributed by atoms with E-state index in [1.54, 1.807) is 0 Å². The molecular weight excluding hydrogens is 350 g/mol. The summed E-state index contributed by atoms with van der Waals surface area (Å²) in [6, 6.07) is 16.2. The molecular formula is C20H23NO6. The van der Waals surface area contributed by atoms with Gasteiger partial charge in [0.2, 0.25) is 5.91 Å². The number of hydrogen-bond donors (Lipinski definition) is 5. The third kappa shape index (κ3) is 4.52. The lowest BCUT2D eigenvalue weighted by molar-refractivity contribution is -0.253. The Hall–Kier alpha value is -2.29. The number of aliphatic hydroxyl groups excluding tert-OH is 4. The van der Waals surface area contributed by atoms with E-state index >= 15 is 0 Å². The Bertz CT molecular complexity index is 751. The molecule has 3 rings (SSSR count). The van der Waals surface area contributed by atoms with Gasteiger partial charge in [0.1, 0.15) is 24.4 Å². The van der Waals surface area contributed by atoms with Gasteiger partial charge in [-0.2, -0.15) is 0 Å². The van der Waals surface area contributed by atoms with Gasteiger partial charge in [-0.25, -0.2) is 0 Å². The first-order valence-corrected chi connectivity index (χ1v) is 8.74. The largest absolute Gasteiger partial charge is 0.394 e. The van der Waals surface area contributed by atoms with Crippen LogP contribution in [0.4, 0.5) is 0 Å². The Morgan fingerprint density at radius 2 is 1.56 bits per heavy atom. The Balaban J connectivity index is 1.61. The fraction of sp³-hybridized carbons (Fsp3) is 0.350. The van der Waals surface area contributed by atoms with Gasteiger partial charge in [-0.1, -0.05) is 54.6 Å². The summed E-state index contributed by atoms with van der Waals surface area (Å²) in [7, 11) is 0. The molecule has 5 atom stereocenters. The fourth-order valence-electron chi connectivity index (χ4n) is 3.12. The number of carbonyl (C=O) groups excluding carboxylic acids is 1. The monoisotopic (exact) mass is 373 g/mol. The molecule has 7 nitrogen and oxygen atoms in total. The van der Waals surface area contributed by atoms with E-state index < -0.39 is 43.2 Å². The summed E-state index contributed by atoms with van der Waals surface area (Å²) >= 11 is 0. The van der Waals surface area contributed by atoms with E-state index in [9.17, 15) is 20.1 Å². The molecule has 0 aromatic heterocycles. The molecule has 1 saturated heterocycles. The zero-order valence-corrected chi connectivity index (χ0v) is 14.6. The average molecular weight is 373 g/mol. The van der Waals surface area contributed by atoms with Crippen LogP contribution in [0.25, 0.3) is 11.1 Å². The second-order valence-electron chi connectivity index (χ2n) is 6.56. The van der Waals surface area contributed by atoms with Gasteiger partial charge in [0.15, 0.2) is 6.29 Å². The average Bonchev–Trinajstić information content (AvgIpc) is 2.69. The van der Waals surface area contributed by atoms with Crippen LogP contribution in [-0.4, -0.2) is 63.6 Å². The molecule has 0 spiro atoms. The SMILES string of the molecule is O=C(Cc1ccc(-c2ccccc2)cc1)N[C@H]1C(O)O[C@H](CO)[C@@H](O)[C@@H]1O. The van der Waals surface area contributed by atoms with Crippen molar-refractivity contribution in [2.45, 2.75) is 37.1 Å². The van der Waals surface area contributed by atoms with Gasteiger partial charge in [0.25, 0.3) is 0 Å². The first-order valence-electron chi connectivity index (χ1n) is 8.74. The molecule has 1 fully saturated rings. The summed E-state index contributed by atoms with van der Waals surface area (Å²) in [6.45, 7) is -0.552. The third-order valence-corrected chi connectivity index (χ3v) is 4.65. The maximum absolute atomic E-state index is 12.3. The molecule has 144 valence electrons. The Morgan fingerprint density at radius 1 is 0.926 bits per heavy atom. The maximum atomic E-state index is 12.3. The molecule has 1 amide bonds. The highest BCUT2D eigenvalue weighted by atomic mass is 16.6. The van der Waals surface area contributed by atoms with E-state index in [-0.39, 0.29) is 6.42 Å². The molecule has 7 heteroatoms. The van der Waals surface area contributed by atoms with E-state index in [0.717, 1.165) is 16.7 Å². The molecule has 0 bridgehead atoms. The lowest BCUT2D eigenvalue weighted by Gasteiger charge is -2.40. The van der Waals surface area contributed by atoms with Gasteiger partial charge in [0, 0.05) is 0 Å². The van der Waals surface area contributed by atoms with Gasteiger partial charge in [-0.3, -0.25) is 4.79 Å². The van der Waals surface area contributed by atoms with Crippen molar-refractivity contribution in [2.24, 2.45) is 0 Å². The predicted molar refractivity (Wildman–Crippen MR) is 97.5 cm³/mol. The van der Waals surface area contributed by atoms with E-state index in [2.05, 4.69) is 5.32 Å². The van der Waals surface area contributed by atoms with Crippen LogP contribution >= 0.6 is 0 Å². The van der Waals surface area contributed by atoms with Gasteiger partial charge in [-0.05, 0) is 16.7 Å². The highest BCUT2D eigenvalue weighted by molar-refractivity contribution is 5.79. The fourth-order valence-corrected chi connectivity index (χ4v) is 3.12. The van der Waals surface area contributed by atoms with Crippen molar-refractivity contribution in [2.75, 3.05) is 6.61 Å². The molecule has 1 heterocycles. The summed E-state index contributed by atoms with van der Waals surface area (Å²) in [4.78, 5) is 12.3. The van der Waals surface area contributed by atoms with E-state index in [4.69, 9.17) is 9.84 Å². The number of carbonyl (C=O) groups is 1. The minimum absolute atomic E-state index is 0.0462. The topological polar surface area (TPSA) is 119 Å². The number of hydrogen-bond acceptors (Lipinski definition) is 6. The zero-order chi connectivity index (χ0) is 19.4. The highest BCUT2D eigenvalue weighted by Crippen LogP contribution is 2.21. The van der Waals surface area contributed by atoms with Crippen LogP contribution in [-0.2, 0) is 16.0 Å². The first-order chi connectivity index (χ1) is 13.0. The van der Waals surface area contributed by atoms with Crippen molar-refractivity contribution in [1.29, 1.82) is 0 Å². The third-order valence-electron chi connectivity index (χ3n) is 4.65. The molecule has 2 aromatic carbocycles. The normalized spacial score (nSPS) is 27.9. The molecule has 0 saturated carbocycles. The zero-order valence-electron chi connectivity index (χ0n) is 14.6. The summed E-state index contributed by atoms with van der Waals surface area (Å²) in [5.74, 6) is -0.427. The molecule has 0 radical (unpaired) electrons. The van der Waals surface area contributed by atoms with Crippen LogP contribution < -0.4 is 5.32 Å². The minimum atomic E-state index is -1.52. The summed E-state index contributed by atoms with van der Waals surface area (Å²) in [6.07, 6.45) is -5.44. The summed E-state index contributed by atoms with van der Waals surface area (Å²) in [5.41, 5.74) is 2.87. The number of amides is 1. The number of benzene rings is 2. The number of rotatable bonds is 5. The molecule has 1 aliphatic heterocycles. The van der Waals surface area contributed by atoms with Gasteiger partial charge in [0.05, 0.1) is 13.0 Å². The van der Waals surface area contributed by atoms with Crippen LogP contribution in [0.2, 0.25) is 0 Å². The van der Waals surface area contributed by atoms with Crippen molar-refractivity contribution in [1.82, 2.24) is 5.32 Å². The van der Waals surface area contributed by atoms with Gasteiger partial charge in [-0.15, -0.1) is 0 Å². The maximum Gasteiger partial charge on any atom is 0.224 e. The van der Waals surface area contributed by atoms with Crippen molar-refractivity contribution in [3.63, 3.8) is 0 Å². The van der Waals surface area contributed by atoms with E-state index in [1.807, 2.05) is 54.6 Å². The van der Waals surface area contributed by atoms with Crippen LogP contribution in [0.3, 0.4) is 0 Å². The van der Waals surface area contributed by atoms with Crippen molar-refractivity contribution < 1.29 is 30.0 Å². The molecule has 5 N–H and O–H groups in total. The lowest BCUT2D eigenvalue weighted by atomic mass is 9.96. The Kier molecular flexibility index (Phi) is 6.20. The summed E-state index contributed by atoms with van der Waals surface area (Å²) < 4.78 is 5.03. The quantitative estimate of drug-likeness (QED) is 0.496. The molecule has 2 aromatic rings. The first kappa shape index (κ1) is 19.5. The predicted octanol–water partition coefficient (Wildman–Crippen LogP) is -0.188. The molecule has 27 heavy (non-hydrogen) atoms. The number of nitrogens with one attached hydrogen (secondary N) is 1. The van der Waals surface area contributed by atoms with Crippen LogP contribution in [0.5, 0.6) is 0 Å². The summed E-state index contributed by atoms with van der Waals surface area (Å²) in [5, 5.41) is 41.4. The number of ether oxygens (including phenoxy) is 1. The van der Waals surface area contributed by atoms with Crippen molar-refractivity contribution in [3.05, 3.63) is 60.2 Å². The van der Waals surface area contributed by atoms with E-state index in [0.29, 0.717) is 0 Å². The smallest absolute Gasteiger partial charge is 0.224 e. The van der Waals surface area contributed by atoms with Crippen LogP contribution in [0.15, 0.2) is 54.6 Å². The van der Waals surface area contributed by atoms with E-state index in [1.165, 1.54) is 0 Å². The Morgan fingerprint density at radius 3 is 2.19 bits per heavy atom. The Labute approximate surface area is 156 Å².